The fraction of sp³-hybridized carbons (Fsp3) is 0.167. The summed E-state index contributed by atoms with van der Waals surface area (Å²) in [6.45, 7) is 4.49. The fourth-order valence-electron chi connectivity index (χ4n) is 6.69. The summed E-state index contributed by atoms with van der Waals surface area (Å²) in [5.41, 5.74) is 11.6. The minimum atomic E-state index is -2.09. The van der Waals surface area contributed by atoms with Crippen LogP contribution in [0.4, 0.5) is 0 Å². The standard InChI is InChI=1S/C27H22NS.C21H22GeN.Ir/c1-17(2)20-14-15-28-25(16-20)24-9-5-8-23-22-7-4-6-21(26(22)29-27(23)24)19-12-10-18(3)11-13-19;1-16-13-21(23-15-20(16)22(2,3)4)19-12-8-11-18(14-19)17-9-6-5-7-10-17;/h4-8,10-17H,1-3H3;5-11,13-15H,1-4H3;/q2*-1;/i3D3;;. The predicted octanol–water partition coefficient (Wildman–Crippen LogP) is 13.1. The first-order valence-electron chi connectivity index (χ1n) is 19.3. The Kier molecular flexibility index (Phi) is 10.7. The Balaban J connectivity index is 0.000000197. The molecule has 0 saturated heterocycles. The molecule has 5 heteroatoms. The van der Waals surface area contributed by atoms with Crippen molar-refractivity contribution in [1.29, 1.82) is 0 Å². The summed E-state index contributed by atoms with van der Waals surface area (Å²) in [5.74, 6) is 7.66. The normalized spacial score (nSPS) is 12.4. The summed E-state index contributed by atoms with van der Waals surface area (Å²) in [6, 6.07) is 47.5. The molecule has 2 nitrogen and oxygen atoms in total. The van der Waals surface area contributed by atoms with Gasteiger partial charge in [-0.1, -0.05) is 78.9 Å². The first kappa shape index (κ1) is 34.6. The van der Waals surface area contributed by atoms with Crippen LogP contribution in [0.3, 0.4) is 0 Å². The van der Waals surface area contributed by atoms with Crippen LogP contribution >= 0.6 is 11.3 Å². The number of benzene rings is 5. The predicted molar refractivity (Wildman–Crippen MR) is 227 cm³/mol. The molecule has 5 aromatic carbocycles. The van der Waals surface area contributed by atoms with Crippen molar-refractivity contribution in [3.8, 4) is 44.8 Å². The molecule has 0 amide bonds. The molecule has 53 heavy (non-hydrogen) atoms. The second kappa shape index (κ2) is 16.4. The van der Waals surface area contributed by atoms with Gasteiger partial charge in [-0.05, 0) is 45.7 Å². The van der Waals surface area contributed by atoms with Crippen LogP contribution in [-0.2, 0) is 20.1 Å². The third-order valence-corrected chi connectivity index (χ3v) is 15.2. The van der Waals surface area contributed by atoms with Gasteiger partial charge in [-0.3, -0.25) is 0 Å². The number of nitrogens with zero attached hydrogens (tertiary/aromatic N) is 2. The molecule has 1 radical (unpaired) electrons. The van der Waals surface area contributed by atoms with Crippen LogP contribution in [0.15, 0.2) is 134 Å². The Morgan fingerprint density at radius 1 is 0.698 bits per heavy atom. The van der Waals surface area contributed by atoms with Crippen molar-refractivity contribution in [1.82, 2.24) is 9.97 Å². The number of aromatic nitrogens is 2. The summed E-state index contributed by atoms with van der Waals surface area (Å²) >= 11 is -0.101. The number of thiophene rings is 1. The summed E-state index contributed by atoms with van der Waals surface area (Å²) in [5, 5.41) is 2.38. The monoisotopic (exact) mass is 950 g/mol. The van der Waals surface area contributed by atoms with Crippen LogP contribution < -0.4 is 4.40 Å². The van der Waals surface area contributed by atoms with Crippen molar-refractivity contribution in [2.45, 2.75) is 50.8 Å². The zero-order valence-corrected chi connectivity index (χ0v) is 36.2. The first-order chi connectivity index (χ1) is 26.3. The third-order valence-electron chi connectivity index (χ3n) is 9.46. The van der Waals surface area contributed by atoms with Gasteiger partial charge >= 0.3 is 142 Å². The van der Waals surface area contributed by atoms with Crippen molar-refractivity contribution in [3.63, 3.8) is 0 Å². The van der Waals surface area contributed by atoms with E-state index < -0.39 is 20.1 Å². The van der Waals surface area contributed by atoms with Crippen LogP contribution in [0.2, 0.25) is 17.3 Å². The van der Waals surface area contributed by atoms with Crippen molar-refractivity contribution < 1.29 is 24.2 Å². The second-order valence-corrected chi connectivity index (χ2v) is 26.2. The molecular weight excluding hydrogens is 901 g/mol. The van der Waals surface area contributed by atoms with Gasteiger partial charge in [0.1, 0.15) is 0 Å². The molecule has 0 aliphatic rings. The van der Waals surface area contributed by atoms with Crippen LogP contribution in [0.1, 0.15) is 40.6 Å². The van der Waals surface area contributed by atoms with Gasteiger partial charge in [0, 0.05) is 35.1 Å². The molecule has 8 aromatic rings. The number of aryl methyl sites for hydroxylation is 2. The average molecular weight is 949 g/mol. The van der Waals surface area contributed by atoms with Crippen molar-refractivity contribution in [2.24, 2.45) is 0 Å². The van der Waals surface area contributed by atoms with Gasteiger partial charge in [0.15, 0.2) is 0 Å². The van der Waals surface area contributed by atoms with E-state index in [4.69, 9.17) is 9.10 Å². The maximum absolute atomic E-state index is 7.63. The van der Waals surface area contributed by atoms with E-state index in [1.807, 2.05) is 36.5 Å². The number of hydrogen-bond donors (Lipinski definition) is 0. The summed E-state index contributed by atoms with van der Waals surface area (Å²) in [4.78, 5) is 9.37. The van der Waals surface area contributed by atoms with E-state index in [1.54, 1.807) is 23.5 Å². The summed E-state index contributed by atoms with van der Waals surface area (Å²) in [6.07, 6.45) is 3.97. The zero-order chi connectivity index (χ0) is 38.9. The Morgan fingerprint density at radius 2 is 1.45 bits per heavy atom. The minimum absolute atomic E-state index is 0. The van der Waals surface area contributed by atoms with Gasteiger partial charge in [0.05, 0.1) is 0 Å². The van der Waals surface area contributed by atoms with E-state index in [-0.39, 0.29) is 20.1 Å². The molecule has 0 saturated carbocycles. The molecule has 0 atom stereocenters. The molecule has 8 rings (SSSR count). The van der Waals surface area contributed by atoms with Gasteiger partial charge in [-0.15, -0.1) is 23.8 Å². The van der Waals surface area contributed by atoms with Gasteiger partial charge in [-0.2, -0.15) is 11.3 Å². The summed E-state index contributed by atoms with van der Waals surface area (Å²) in [7, 11) is 0. The van der Waals surface area contributed by atoms with E-state index in [0.29, 0.717) is 11.5 Å². The Morgan fingerprint density at radius 3 is 2.17 bits per heavy atom. The van der Waals surface area contributed by atoms with Crippen LogP contribution in [0.5, 0.6) is 0 Å². The molecular formula is C48H44GeIrN2S-2. The molecule has 0 unspecified atom stereocenters. The molecule has 0 N–H and O–H groups in total. The van der Waals surface area contributed by atoms with E-state index in [1.165, 1.54) is 46.8 Å². The number of rotatable bonds is 6. The quantitative estimate of drug-likeness (QED) is 0.123. The molecule has 3 aromatic heterocycles. The maximum atomic E-state index is 7.63. The van der Waals surface area contributed by atoms with E-state index in [2.05, 4.69) is 140 Å². The van der Waals surface area contributed by atoms with Crippen LogP contribution in [0.25, 0.3) is 64.9 Å². The number of hydrogen-bond acceptors (Lipinski definition) is 3. The number of pyridine rings is 2. The molecule has 267 valence electrons. The zero-order valence-electron chi connectivity index (χ0n) is 33.9. The molecule has 0 spiro atoms. The Bertz CT molecular complexity index is 2610. The maximum Gasteiger partial charge on any atom is 0.0318 e. The first-order valence-corrected chi connectivity index (χ1v) is 25.9. The topological polar surface area (TPSA) is 25.8 Å². The van der Waals surface area contributed by atoms with Gasteiger partial charge in [0.2, 0.25) is 0 Å². The second-order valence-electron chi connectivity index (χ2n) is 14.6. The molecule has 0 aliphatic heterocycles. The molecule has 0 bridgehead atoms. The summed E-state index contributed by atoms with van der Waals surface area (Å²) < 4.78 is 26.7. The Hall–Kier alpha value is -4.19. The van der Waals surface area contributed by atoms with Gasteiger partial charge in [-0.25, -0.2) is 0 Å². The number of fused-ring (bicyclic) bond motifs is 3. The van der Waals surface area contributed by atoms with E-state index in [9.17, 15) is 0 Å². The van der Waals surface area contributed by atoms with Crippen LogP contribution in [0, 0.1) is 25.9 Å². The SMILES string of the molecule is Cc1cc(-c2[c-]ccc(-c3ccccc3)c2)nc[c]1[Ge]([CH3])([CH3])[CH3].[2H]C([2H])([2H])c1ccc(-c2cccc3c2sc2c(-c4cc(C(C)C)ccn4)[c-]ccc23)cc1.[Ir]. The van der Waals surface area contributed by atoms with E-state index in [0.717, 1.165) is 33.6 Å². The minimum Gasteiger partial charge on any atom is -0.305 e. The molecule has 3 heterocycles. The third kappa shape index (κ3) is 8.48. The average Bonchev–Trinajstić information content (AvgIpc) is 3.57. The molecule has 0 fully saturated rings. The largest absolute Gasteiger partial charge is 0.305 e. The van der Waals surface area contributed by atoms with Gasteiger partial charge < -0.3 is 4.98 Å². The van der Waals surface area contributed by atoms with Gasteiger partial charge in [0.25, 0.3) is 0 Å². The van der Waals surface area contributed by atoms with Crippen molar-refractivity contribution >= 4 is 49.2 Å². The van der Waals surface area contributed by atoms with E-state index >= 15 is 0 Å². The van der Waals surface area contributed by atoms with Crippen LogP contribution in [-0.4, -0.2) is 23.2 Å². The fourth-order valence-corrected chi connectivity index (χ4v) is 11.6. The van der Waals surface area contributed by atoms with Crippen molar-refractivity contribution in [2.75, 3.05) is 0 Å². The Labute approximate surface area is 339 Å². The smallest absolute Gasteiger partial charge is 0.0318 e. The molecule has 0 aliphatic carbocycles. The van der Waals surface area contributed by atoms with Crippen molar-refractivity contribution in [3.05, 3.63) is 163 Å².